The lowest BCUT2D eigenvalue weighted by Crippen LogP contribution is -2.12. The number of rotatable bonds is 3. The monoisotopic (exact) mass is 129 g/mol. The maximum Gasteiger partial charge on any atom is 0.0495 e. The van der Waals surface area contributed by atoms with Crippen LogP contribution in [0.4, 0.5) is 0 Å². The molecule has 9 heavy (non-hydrogen) atoms. The molecule has 2 heteroatoms. The van der Waals surface area contributed by atoms with Crippen molar-refractivity contribution in [2.75, 3.05) is 26.8 Å². The van der Waals surface area contributed by atoms with Crippen LogP contribution < -0.4 is 5.32 Å². The van der Waals surface area contributed by atoms with Crippen LogP contribution in [0.1, 0.15) is 12.8 Å². The summed E-state index contributed by atoms with van der Waals surface area (Å²) in [5, 5.41) is 3.14. The smallest absolute Gasteiger partial charge is 0.0495 e. The lowest BCUT2D eigenvalue weighted by atomic mass is 10.1. The fourth-order valence-electron chi connectivity index (χ4n) is 1.16. The maximum atomic E-state index is 5.23. The van der Waals surface area contributed by atoms with E-state index in [0.717, 1.165) is 25.7 Å². The van der Waals surface area contributed by atoms with Crippen LogP contribution in [-0.4, -0.2) is 26.8 Å². The molecule has 1 N–H and O–H groups in total. The van der Waals surface area contributed by atoms with E-state index in [1.807, 2.05) is 7.05 Å². The largest absolute Gasteiger partial charge is 0.381 e. The Bertz CT molecular complexity index is 69.3. The molecule has 54 valence electrons. The third-order valence-electron chi connectivity index (χ3n) is 1.83. The molecular formula is C7H15NO. The average Bonchev–Trinajstić information content (AvgIpc) is 2.34. The van der Waals surface area contributed by atoms with Gasteiger partial charge in [-0.15, -0.1) is 0 Å². The number of ether oxygens (including phenoxy) is 1. The van der Waals surface area contributed by atoms with Gasteiger partial charge in [-0.2, -0.15) is 0 Å². The van der Waals surface area contributed by atoms with Crippen LogP contribution in [0.5, 0.6) is 0 Å². The molecule has 0 amide bonds. The van der Waals surface area contributed by atoms with Crippen molar-refractivity contribution in [3.8, 4) is 0 Å². The van der Waals surface area contributed by atoms with Gasteiger partial charge in [-0.05, 0) is 32.4 Å². The van der Waals surface area contributed by atoms with Gasteiger partial charge in [-0.3, -0.25) is 0 Å². The van der Waals surface area contributed by atoms with Crippen LogP contribution in [-0.2, 0) is 4.74 Å². The van der Waals surface area contributed by atoms with Crippen molar-refractivity contribution in [2.24, 2.45) is 5.92 Å². The molecule has 0 aromatic rings. The molecule has 0 aliphatic carbocycles. The molecule has 0 aromatic carbocycles. The Morgan fingerprint density at radius 1 is 1.67 bits per heavy atom. The van der Waals surface area contributed by atoms with Gasteiger partial charge in [-0.1, -0.05) is 0 Å². The summed E-state index contributed by atoms with van der Waals surface area (Å²) in [5.41, 5.74) is 0. The van der Waals surface area contributed by atoms with Crippen molar-refractivity contribution in [1.29, 1.82) is 0 Å². The van der Waals surface area contributed by atoms with Crippen molar-refractivity contribution < 1.29 is 4.74 Å². The van der Waals surface area contributed by atoms with Gasteiger partial charge in [0.15, 0.2) is 0 Å². The number of hydrogen-bond acceptors (Lipinski definition) is 2. The molecule has 0 aromatic heterocycles. The third kappa shape index (κ3) is 2.33. The SMILES string of the molecule is CNCCC1CCOC1. The van der Waals surface area contributed by atoms with E-state index < -0.39 is 0 Å². The summed E-state index contributed by atoms with van der Waals surface area (Å²) in [6, 6.07) is 0. The standard InChI is InChI=1S/C7H15NO/c1-8-4-2-7-3-5-9-6-7/h7-8H,2-6H2,1H3. The minimum absolute atomic E-state index is 0.831. The van der Waals surface area contributed by atoms with Gasteiger partial charge in [0.25, 0.3) is 0 Å². The summed E-state index contributed by atoms with van der Waals surface area (Å²) in [4.78, 5) is 0. The van der Waals surface area contributed by atoms with E-state index in [0.29, 0.717) is 0 Å². The summed E-state index contributed by atoms with van der Waals surface area (Å²) < 4.78 is 5.23. The fourth-order valence-corrected chi connectivity index (χ4v) is 1.16. The summed E-state index contributed by atoms with van der Waals surface area (Å²) in [6.45, 7) is 3.10. The van der Waals surface area contributed by atoms with E-state index in [4.69, 9.17) is 4.74 Å². The number of hydrogen-bond donors (Lipinski definition) is 1. The van der Waals surface area contributed by atoms with Crippen molar-refractivity contribution in [3.63, 3.8) is 0 Å². The zero-order chi connectivity index (χ0) is 6.53. The second-order valence-electron chi connectivity index (χ2n) is 2.62. The van der Waals surface area contributed by atoms with E-state index in [2.05, 4.69) is 5.32 Å². The van der Waals surface area contributed by atoms with E-state index in [1.165, 1.54) is 12.8 Å². The van der Waals surface area contributed by atoms with Gasteiger partial charge in [0.05, 0.1) is 0 Å². The zero-order valence-electron chi connectivity index (χ0n) is 6.02. The molecule has 1 atom stereocenters. The molecule has 0 bridgehead atoms. The van der Waals surface area contributed by atoms with Gasteiger partial charge < -0.3 is 10.1 Å². The molecule has 0 spiro atoms. The van der Waals surface area contributed by atoms with Gasteiger partial charge >= 0.3 is 0 Å². The first-order valence-electron chi connectivity index (χ1n) is 3.66. The minimum Gasteiger partial charge on any atom is -0.381 e. The van der Waals surface area contributed by atoms with Crippen molar-refractivity contribution in [1.82, 2.24) is 5.32 Å². The Hall–Kier alpha value is -0.0800. The van der Waals surface area contributed by atoms with Gasteiger partial charge in [0.1, 0.15) is 0 Å². The normalized spacial score (nSPS) is 27.0. The van der Waals surface area contributed by atoms with Crippen LogP contribution in [0.3, 0.4) is 0 Å². The topological polar surface area (TPSA) is 21.3 Å². The predicted molar refractivity (Wildman–Crippen MR) is 37.5 cm³/mol. The van der Waals surface area contributed by atoms with Crippen LogP contribution in [0, 0.1) is 5.92 Å². The highest BCUT2D eigenvalue weighted by atomic mass is 16.5. The molecule has 1 heterocycles. The second-order valence-corrected chi connectivity index (χ2v) is 2.62. The maximum absolute atomic E-state index is 5.23. The molecular weight excluding hydrogens is 114 g/mol. The molecule has 1 rings (SSSR count). The average molecular weight is 129 g/mol. The summed E-state index contributed by atoms with van der Waals surface area (Å²) in [5.74, 6) is 0.831. The Balaban J connectivity index is 1.98. The molecule has 2 nitrogen and oxygen atoms in total. The van der Waals surface area contributed by atoms with Crippen molar-refractivity contribution >= 4 is 0 Å². The Morgan fingerprint density at radius 2 is 2.56 bits per heavy atom. The molecule has 1 aliphatic heterocycles. The van der Waals surface area contributed by atoms with E-state index in [1.54, 1.807) is 0 Å². The highest BCUT2D eigenvalue weighted by Crippen LogP contribution is 2.14. The first kappa shape index (κ1) is 7.03. The fraction of sp³-hybridized carbons (Fsp3) is 1.00. The Morgan fingerprint density at radius 3 is 3.11 bits per heavy atom. The molecule has 1 unspecified atom stereocenters. The Kier molecular flexibility index (Phi) is 3.01. The Labute approximate surface area is 56.6 Å². The number of nitrogens with one attached hydrogen (secondary N) is 1. The molecule has 0 radical (unpaired) electrons. The highest BCUT2D eigenvalue weighted by molar-refractivity contribution is 4.64. The second kappa shape index (κ2) is 3.85. The molecule has 0 saturated carbocycles. The first-order valence-corrected chi connectivity index (χ1v) is 3.66. The third-order valence-corrected chi connectivity index (χ3v) is 1.83. The van der Waals surface area contributed by atoms with E-state index in [-0.39, 0.29) is 0 Å². The zero-order valence-corrected chi connectivity index (χ0v) is 6.02. The lowest BCUT2D eigenvalue weighted by molar-refractivity contribution is 0.184. The van der Waals surface area contributed by atoms with E-state index >= 15 is 0 Å². The van der Waals surface area contributed by atoms with Crippen molar-refractivity contribution in [2.45, 2.75) is 12.8 Å². The molecule has 1 aliphatic rings. The van der Waals surface area contributed by atoms with Crippen LogP contribution in [0.2, 0.25) is 0 Å². The quantitative estimate of drug-likeness (QED) is 0.603. The predicted octanol–water partition coefficient (Wildman–Crippen LogP) is 0.632. The molecule has 1 fully saturated rings. The van der Waals surface area contributed by atoms with Crippen LogP contribution in [0.25, 0.3) is 0 Å². The van der Waals surface area contributed by atoms with Gasteiger partial charge in [0.2, 0.25) is 0 Å². The van der Waals surface area contributed by atoms with Crippen molar-refractivity contribution in [3.05, 3.63) is 0 Å². The minimum atomic E-state index is 0.831. The summed E-state index contributed by atoms with van der Waals surface area (Å²) >= 11 is 0. The van der Waals surface area contributed by atoms with Gasteiger partial charge in [-0.25, -0.2) is 0 Å². The first-order chi connectivity index (χ1) is 4.43. The summed E-state index contributed by atoms with van der Waals surface area (Å²) in [7, 11) is 2.00. The van der Waals surface area contributed by atoms with E-state index in [9.17, 15) is 0 Å². The summed E-state index contributed by atoms with van der Waals surface area (Å²) in [6.07, 6.45) is 2.54. The van der Waals surface area contributed by atoms with Crippen LogP contribution >= 0.6 is 0 Å². The lowest BCUT2D eigenvalue weighted by Gasteiger charge is -2.04. The van der Waals surface area contributed by atoms with Gasteiger partial charge in [0, 0.05) is 13.2 Å². The molecule has 1 saturated heterocycles. The van der Waals surface area contributed by atoms with Crippen LogP contribution in [0.15, 0.2) is 0 Å². The highest BCUT2D eigenvalue weighted by Gasteiger charge is 2.13.